The van der Waals surface area contributed by atoms with Crippen molar-refractivity contribution in [3.63, 3.8) is 0 Å². The number of rotatable bonds is 4. The molecule has 1 aromatic heterocycles. The summed E-state index contributed by atoms with van der Waals surface area (Å²) in [5.74, 6) is 0.301. The summed E-state index contributed by atoms with van der Waals surface area (Å²) in [6.45, 7) is 6.04. The van der Waals surface area contributed by atoms with Crippen molar-refractivity contribution in [2.24, 2.45) is 5.92 Å². The fourth-order valence-electron chi connectivity index (χ4n) is 1.81. The molecule has 1 heterocycles. The predicted octanol–water partition coefficient (Wildman–Crippen LogP) is 4.82. The molecule has 0 amide bonds. The molecule has 0 N–H and O–H groups in total. The molecular formula is C16H18OS. The number of thiophene rings is 1. The second-order valence-corrected chi connectivity index (χ2v) is 5.82. The molecular weight excluding hydrogens is 240 g/mol. The molecule has 1 aromatic carbocycles. The van der Waals surface area contributed by atoms with Crippen LogP contribution in [0.2, 0.25) is 0 Å². The highest BCUT2D eigenvalue weighted by Gasteiger charge is 2.13. The maximum Gasteiger partial charge on any atom is 0.175 e. The first kappa shape index (κ1) is 13.0. The van der Waals surface area contributed by atoms with Crippen LogP contribution in [-0.4, -0.2) is 5.78 Å². The van der Waals surface area contributed by atoms with Gasteiger partial charge in [-0.15, -0.1) is 11.3 Å². The summed E-state index contributed by atoms with van der Waals surface area (Å²) in [7, 11) is 0. The van der Waals surface area contributed by atoms with Gasteiger partial charge in [0.25, 0.3) is 0 Å². The van der Waals surface area contributed by atoms with Gasteiger partial charge in [0.05, 0.1) is 4.88 Å². The van der Waals surface area contributed by atoms with Crippen molar-refractivity contribution in [3.05, 3.63) is 46.8 Å². The number of hydrogen-bond donors (Lipinski definition) is 0. The Balaban J connectivity index is 2.26. The van der Waals surface area contributed by atoms with Crippen LogP contribution in [0.4, 0.5) is 0 Å². The van der Waals surface area contributed by atoms with Gasteiger partial charge >= 0.3 is 0 Å². The largest absolute Gasteiger partial charge is 0.293 e. The average molecular weight is 258 g/mol. The summed E-state index contributed by atoms with van der Waals surface area (Å²) >= 11 is 1.59. The molecule has 0 aliphatic carbocycles. The van der Waals surface area contributed by atoms with E-state index in [1.165, 1.54) is 16.0 Å². The summed E-state index contributed by atoms with van der Waals surface area (Å²) in [4.78, 5) is 13.9. The second-order valence-electron chi connectivity index (χ2n) is 4.73. The maximum atomic E-state index is 11.9. The van der Waals surface area contributed by atoms with Crippen molar-refractivity contribution in [2.75, 3.05) is 0 Å². The Morgan fingerprint density at radius 2 is 1.78 bits per heavy atom. The van der Waals surface area contributed by atoms with Crippen molar-refractivity contribution in [2.45, 2.75) is 27.2 Å². The zero-order valence-corrected chi connectivity index (χ0v) is 11.9. The minimum atomic E-state index is 0.0685. The second kappa shape index (κ2) is 5.49. The third kappa shape index (κ3) is 2.70. The monoisotopic (exact) mass is 258 g/mol. The van der Waals surface area contributed by atoms with E-state index >= 15 is 0 Å². The SMILES string of the molecule is CCc1ccc(-c2ccc(C(=O)C(C)C)s2)cc1. The number of benzene rings is 1. The van der Waals surface area contributed by atoms with Gasteiger partial charge in [0, 0.05) is 10.8 Å². The van der Waals surface area contributed by atoms with Gasteiger partial charge in [-0.05, 0) is 29.7 Å². The van der Waals surface area contributed by atoms with Crippen LogP contribution in [-0.2, 0) is 6.42 Å². The molecule has 0 spiro atoms. The van der Waals surface area contributed by atoms with Crippen LogP contribution in [0.5, 0.6) is 0 Å². The number of Topliss-reactive ketones (excluding diaryl/α,β-unsaturated/α-hetero) is 1. The lowest BCUT2D eigenvalue weighted by molar-refractivity contribution is 0.0943. The van der Waals surface area contributed by atoms with E-state index in [2.05, 4.69) is 31.2 Å². The summed E-state index contributed by atoms with van der Waals surface area (Å²) in [5, 5.41) is 0. The summed E-state index contributed by atoms with van der Waals surface area (Å²) in [6.07, 6.45) is 1.06. The Kier molecular flexibility index (Phi) is 3.97. The highest BCUT2D eigenvalue weighted by Crippen LogP contribution is 2.29. The number of ketones is 1. The fourth-order valence-corrected chi connectivity index (χ4v) is 2.91. The molecule has 0 aliphatic heterocycles. The molecule has 0 unspecified atom stereocenters. The van der Waals surface area contributed by atoms with E-state index in [1.807, 2.05) is 26.0 Å². The molecule has 0 atom stereocenters. The van der Waals surface area contributed by atoms with Gasteiger partial charge < -0.3 is 0 Å². The van der Waals surface area contributed by atoms with Crippen molar-refractivity contribution < 1.29 is 4.79 Å². The van der Waals surface area contributed by atoms with Crippen molar-refractivity contribution in [3.8, 4) is 10.4 Å². The van der Waals surface area contributed by atoms with Gasteiger partial charge in [-0.25, -0.2) is 0 Å². The molecule has 0 saturated carbocycles. The third-order valence-electron chi connectivity index (χ3n) is 3.02. The van der Waals surface area contributed by atoms with Crippen LogP contribution in [0.25, 0.3) is 10.4 Å². The van der Waals surface area contributed by atoms with Crippen LogP contribution >= 0.6 is 11.3 Å². The summed E-state index contributed by atoms with van der Waals surface area (Å²) in [6, 6.07) is 12.6. The Morgan fingerprint density at radius 3 is 2.33 bits per heavy atom. The van der Waals surface area contributed by atoms with Crippen molar-refractivity contribution >= 4 is 17.1 Å². The maximum absolute atomic E-state index is 11.9. The highest BCUT2D eigenvalue weighted by molar-refractivity contribution is 7.17. The summed E-state index contributed by atoms with van der Waals surface area (Å²) in [5.41, 5.74) is 2.54. The van der Waals surface area contributed by atoms with Gasteiger partial charge in [-0.3, -0.25) is 4.79 Å². The lowest BCUT2D eigenvalue weighted by atomic mass is 10.1. The first-order chi connectivity index (χ1) is 8.61. The molecule has 18 heavy (non-hydrogen) atoms. The third-order valence-corrected chi connectivity index (χ3v) is 4.17. The van der Waals surface area contributed by atoms with E-state index in [0.717, 1.165) is 11.3 Å². The molecule has 94 valence electrons. The zero-order valence-electron chi connectivity index (χ0n) is 11.1. The topological polar surface area (TPSA) is 17.1 Å². The molecule has 0 aliphatic rings. The van der Waals surface area contributed by atoms with Crippen LogP contribution in [0.1, 0.15) is 36.0 Å². The van der Waals surface area contributed by atoms with Gasteiger partial charge in [0.2, 0.25) is 0 Å². The minimum absolute atomic E-state index is 0.0685. The van der Waals surface area contributed by atoms with E-state index < -0.39 is 0 Å². The standard InChI is InChI=1S/C16H18OS/c1-4-12-5-7-13(8-6-12)14-9-10-15(18-14)16(17)11(2)3/h5-11H,4H2,1-3H3. The van der Waals surface area contributed by atoms with Gasteiger partial charge in [0.1, 0.15) is 0 Å². The normalized spacial score (nSPS) is 10.9. The highest BCUT2D eigenvalue weighted by atomic mass is 32.1. The zero-order chi connectivity index (χ0) is 13.1. The van der Waals surface area contributed by atoms with Gasteiger partial charge in [0.15, 0.2) is 5.78 Å². The van der Waals surface area contributed by atoms with Crippen molar-refractivity contribution in [1.29, 1.82) is 0 Å². The van der Waals surface area contributed by atoms with Gasteiger partial charge in [-0.2, -0.15) is 0 Å². The Morgan fingerprint density at radius 1 is 1.11 bits per heavy atom. The smallest absolute Gasteiger partial charge is 0.175 e. The molecule has 0 saturated heterocycles. The molecule has 0 bridgehead atoms. The number of aryl methyl sites for hydroxylation is 1. The quantitative estimate of drug-likeness (QED) is 0.719. The Bertz CT molecular complexity index is 534. The fraction of sp³-hybridized carbons (Fsp3) is 0.312. The molecule has 0 fully saturated rings. The minimum Gasteiger partial charge on any atom is -0.293 e. The summed E-state index contributed by atoms with van der Waals surface area (Å²) < 4.78 is 0. The van der Waals surface area contributed by atoms with Crippen molar-refractivity contribution in [1.82, 2.24) is 0 Å². The van der Waals surface area contributed by atoms with Crippen LogP contribution in [0.3, 0.4) is 0 Å². The molecule has 2 rings (SSSR count). The van der Waals surface area contributed by atoms with Crippen LogP contribution < -0.4 is 0 Å². The Hall–Kier alpha value is -1.41. The lowest BCUT2D eigenvalue weighted by Crippen LogP contribution is -2.04. The number of hydrogen-bond acceptors (Lipinski definition) is 2. The van der Waals surface area contributed by atoms with Crippen LogP contribution in [0, 0.1) is 5.92 Å². The molecule has 2 heteroatoms. The average Bonchev–Trinajstić information content (AvgIpc) is 2.87. The molecule has 1 nitrogen and oxygen atoms in total. The molecule has 2 aromatic rings. The first-order valence-corrected chi connectivity index (χ1v) is 7.16. The Labute approximate surface area is 112 Å². The van der Waals surface area contributed by atoms with E-state index in [-0.39, 0.29) is 11.7 Å². The van der Waals surface area contributed by atoms with E-state index in [0.29, 0.717) is 0 Å². The van der Waals surface area contributed by atoms with E-state index in [9.17, 15) is 4.79 Å². The van der Waals surface area contributed by atoms with E-state index in [1.54, 1.807) is 11.3 Å². The molecule has 0 radical (unpaired) electrons. The number of carbonyl (C=O) groups is 1. The van der Waals surface area contributed by atoms with Crippen LogP contribution in [0.15, 0.2) is 36.4 Å². The van der Waals surface area contributed by atoms with Gasteiger partial charge in [-0.1, -0.05) is 45.0 Å². The first-order valence-electron chi connectivity index (χ1n) is 6.35. The predicted molar refractivity (Wildman–Crippen MR) is 78.3 cm³/mol. The number of carbonyl (C=O) groups excluding carboxylic acids is 1. The van der Waals surface area contributed by atoms with E-state index in [4.69, 9.17) is 0 Å². The lowest BCUT2D eigenvalue weighted by Gasteiger charge is -2.01.